The van der Waals surface area contributed by atoms with E-state index in [1.54, 1.807) is 24.1 Å². The van der Waals surface area contributed by atoms with Crippen molar-refractivity contribution in [3.05, 3.63) is 28.8 Å². The van der Waals surface area contributed by atoms with E-state index in [2.05, 4.69) is 0 Å². The molecule has 6 heteroatoms. The fraction of sp³-hybridized carbons (Fsp3) is 0.529. The molecule has 128 valence electrons. The van der Waals surface area contributed by atoms with Gasteiger partial charge in [0.1, 0.15) is 5.75 Å². The van der Waals surface area contributed by atoms with E-state index in [9.17, 15) is 9.59 Å². The fourth-order valence-corrected chi connectivity index (χ4v) is 2.54. The maximum absolute atomic E-state index is 12.3. The van der Waals surface area contributed by atoms with Crippen molar-refractivity contribution in [2.24, 2.45) is 5.92 Å². The van der Waals surface area contributed by atoms with Crippen LogP contribution in [0.4, 0.5) is 0 Å². The number of rotatable bonds is 9. The predicted octanol–water partition coefficient (Wildman–Crippen LogP) is 3.24. The lowest BCUT2D eigenvalue weighted by Crippen LogP contribution is -2.36. The lowest BCUT2D eigenvalue weighted by Gasteiger charge is -2.24. The van der Waals surface area contributed by atoms with Crippen molar-refractivity contribution in [1.29, 1.82) is 0 Å². The third kappa shape index (κ3) is 6.91. The van der Waals surface area contributed by atoms with Crippen LogP contribution in [0.5, 0.6) is 5.75 Å². The number of aryl methyl sites for hydroxylation is 1. The number of methoxy groups -OCH3 is 1. The Morgan fingerprint density at radius 2 is 2.00 bits per heavy atom. The van der Waals surface area contributed by atoms with Crippen LogP contribution in [0.3, 0.4) is 0 Å². The van der Waals surface area contributed by atoms with Crippen molar-refractivity contribution < 1.29 is 19.4 Å². The Hall–Kier alpha value is -1.75. The normalized spacial score (nSPS) is 10.7. The molecule has 0 aliphatic carbocycles. The smallest absolute Gasteiger partial charge is 0.305 e. The van der Waals surface area contributed by atoms with Gasteiger partial charge < -0.3 is 14.7 Å². The number of carbonyl (C=O) groups excluding carboxylic acids is 1. The van der Waals surface area contributed by atoms with Gasteiger partial charge in [-0.05, 0) is 30.0 Å². The van der Waals surface area contributed by atoms with Crippen LogP contribution in [0.15, 0.2) is 18.2 Å². The molecule has 0 spiro atoms. The van der Waals surface area contributed by atoms with Gasteiger partial charge in [-0.15, -0.1) is 0 Å². The van der Waals surface area contributed by atoms with Crippen LogP contribution in [-0.4, -0.2) is 42.1 Å². The summed E-state index contributed by atoms with van der Waals surface area (Å²) >= 11 is 6.08. The summed E-state index contributed by atoms with van der Waals surface area (Å²) in [6, 6.07) is 5.44. The molecular weight excluding hydrogens is 318 g/mol. The number of amides is 1. The van der Waals surface area contributed by atoms with Crippen molar-refractivity contribution >= 4 is 23.5 Å². The fourth-order valence-electron chi connectivity index (χ4n) is 2.26. The second kappa shape index (κ2) is 9.40. The zero-order valence-corrected chi connectivity index (χ0v) is 14.6. The first-order chi connectivity index (χ1) is 10.8. The molecule has 1 N–H and O–H groups in total. The third-order valence-corrected chi connectivity index (χ3v) is 3.67. The molecule has 0 unspecified atom stereocenters. The quantitative estimate of drug-likeness (QED) is 0.748. The van der Waals surface area contributed by atoms with Gasteiger partial charge in [-0.1, -0.05) is 31.5 Å². The molecule has 1 aromatic rings. The SMILES string of the molecule is COc1ccc(CCC(=O)N(CCC(=O)O)CC(C)C)cc1Cl. The van der Waals surface area contributed by atoms with Crippen molar-refractivity contribution in [2.75, 3.05) is 20.2 Å². The van der Waals surface area contributed by atoms with E-state index in [0.717, 1.165) is 5.56 Å². The lowest BCUT2D eigenvalue weighted by molar-refractivity contribution is -0.138. The molecule has 1 amide bonds. The summed E-state index contributed by atoms with van der Waals surface area (Å²) in [6.45, 7) is 4.82. The average molecular weight is 342 g/mol. The number of carbonyl (C=O) groups is 2. The molecule has 0 saturated heterocycles. The maximum atomic E-state index is 12.3. The number of hydrogen-bond acceptors (Lipinski definition) is 3. The topological polar surface area (TPSA) is 66.8 Å². The van der Waals surface area contributed by atoms with Crippen LogP contribution in [0.2, 0.25) is 5.02 Å². The number of hydrogen-bond donors (Lipinski definition) is 1. The summed E-state index contributed by atoms with van der Waals surface area (Å²) < 4.78 is 5.10. The van der Waals surface area contributed by atoms with Crippen LogP contribution < -0.4 is 4.74 Å². The number of halogens is 1. The first-order valence-corrected chi connectivity index (χ1v) is 8.03. The highest BCUT2D eigenvalue weighted by Gasteiger charge is 2.16. The van der Waals surface area contributed by atoms with Gasteiger partial charge in [0.2, 0.25) is 5.91 Å². The van der Waals surface area contributed by atoms with Gasteiger partial charge in [-0.2, -0.15) is 0 Å². The van der Waals surface area contributed by atoms with Gasteiger partial charge in [0.25, 0.3) is 0 Å². The molecule has 0 saturated carbocycles. The summed E-state index contributed by atoms with van der Waals surface area (Å²) in [5, 5.41) is 9.32. The predicted molar refractivity (Wildman–Crippen MR) is 90.0 cm³/mol. The van der Waals surface area contributed by atoms with E-state index >= 15 is 0 Å². The molecule has 0 aliphatic rings. The van der Waals surface area contributed by atoms with E-state index in [4.69, 9.17) is 21.4 Å². The summed E-state index contributed by atoms with van der Waals surface area (Å²) in [7, 11) is 1.55. The van der Waals surface area contributed by atoms with Gasteiger partial charge >= 0.3 is 5.97 Å². The third-order valence-electron chi connectivity index (χ3n) is 3.38. The molecule has 0 bridgehead atoms. The number of aliphatic carboxylic acids is 1. The van der Waals surface area contributed by atoms with Crippen LogP contribution in [0.1, 0.15) is 32.3 Å². The summed E-state index contributed by atoms with van der Waals surface area (Å²) in [5.41, 5.74) is 0.951. The Balaban J connectivity index is 2.63. The number of nitrogens with zero attached hydrogens (tertiary/aromatic N) is 1. The van der Waals surface area contributed by atoms with Crippen LogP contribution in [0, 0.1) is 5.92 Å². The average Bonchev–Trinajstić information content (AvgIpc) is 2.48. The Morgan fingerprint density at radius 3 is 2.52 bits per heavy atom. The van der Waals surface area contributed by atoms with Gasteiger partial charge in [-0.25, -0.2) is 0 Å². The van der Waals surface area contributed by atoms with E-state index in [1.165, 1.54) is 0 Å². The highest BCUT2D eigenvalue weighted by atomic mass is 35.5. The standard InChI is InChI=1S/C17H24ClNO4/c1-12(2)11-19(9-8-17(21)22)16(20)7-5-13-4-6-15(23-3)14(18)10-13/h4,6,10,12H,5,7-9,11H2,1-3H3,(H,21,22). The summed E-state index contributed by atoms with van der Waals surface area (Å²) in [5.74, 6) is -0.0341. The van der Waals surface area contributed by atoms with E-state index in [1.807, 2.05) is 19.9 Å². The minimum Gasteiger partial charge on any atom is -0.495 e. The molecule has 0 fully saturated rings. The Bertz CT molecular complexity index is 545. The molecule has 0 atom stereocenters. The Labute approximate surface area is 142 Å². The minimum atomic E-state index is -0.895. The van der Waals surface area contributed by atoms with E-state index < -0.39 is 5.97 Å². The zero-order chi connectivity index (χ0) is 17.4. The molecule has 0 aromatic heterocycles. The van der Waals surface area contributed by atoms with Gasteiger partial charge in [0, 0.05) is 19.5 Å². The van der Waals surface area contributed by atoms with Crippen LogP contribution in [0.25, 0.3) is 0 Å². The van der Waals surface area contributed by atoms with Gasteiger partial charge in [-0.3, -0.25) is 9.59 Å². The molecule has 1 rings (SSSR count). The number of carboxylic acids is 1. The summed E-state index contributed by atoms with van der Waals surface area (Å²) in [6.07, 6.45) is 0.853. The number of ether oxygens (including phenoxy) is 1. The van der Waals surface area contributed by atoms with Crippen LogP contribution in [-0.2, 0) is 16.0 Å². The Kier molecular flexibility index (Phi) is 7.89. The molecule has 1 aromatic carbocycles. The van der Waals surface area contributed by atoms with Crippen LogP contribution >= 0.6 is 11.6 Å². The van der Waals surface area contributed by atoms with Crippen molar-refractivity contribution in [1.82, 2.24) is 4.90 Å². The van der Waals surface area contributed by atoms with Crippen molar-refractivity contribution in [3.63, 3.8) is 0 Å². The number of benzene rings is 1. The summed E-state index contributed by atoms with van der Waals surface area (Å²) in [4.78, 5) is 24.7. The molecule has 0 heterocycles. The second-order valence-corrected chi connectivity index (χ2v) is 6.25. The van der Waals surface area contributed by atoms with E-state index in [-0.39, 0.29) is 18.9 Å². The zero-order valence-electron chi connectivity index (χ0n) is 13.8. The highest BCUT2D eigenvalue weighted by molar-refractivity contribution is 6.32. The molecule has 0 radical (unpaired) electrons. The Morgan fingerprint density at radius 1 is 1.30 bits per heavy atom. The van der Waals surface area contributed by atoms with Crippen molar-refractivity contribution in [3.8, 4) is 5.75 Å². The molecule has 0 aliphatic heterocycles. The number of carboxylic acid groups (broad SMARTS) is 1. The maximum Gasteiger partial charge on any atom is 0.305 e. The van der Waals surface area contributed by atoms with Gasteiger partial charge in [0.15, 0.2) is 0 Å². The lowest BCUT2D eigenvalue weighted by atomic mass is 10.1. The monoisotopic (exact) mass is 341 g/mol. The molecular formula is C17H24ClNO4. The highest BCUT2D eigenvalue weighted by Crippen LogP contribution is 2.25. The minimum absolute atomic E-state index is 0.0349. The largest absolute Gasteiger partial charge is 0.495 e. The molecule has 23 heavy (non-hydrogen) atoms. The second-order valence-electron chi connectivity index (χ2n) is 5.85. The van der Waals surface area contributed by atoms with Gasteiger partial charge in [0.05, 0.1) is 18.6 Å². The van der Waals surface area contributed by atoms with E-state index in [0.29, 0.717) is 36.1 Å². The van der Waals surface area contributed by atoms with Crippen molar-refractivity contribution in [2.45, 2.75) is 33.1 Å². The first kappa shape index (κ1) is 19.3. The first-order valence-electron chi connectivity index (χ1n) is 7.65. The molecule has 5 nitrogen and oxygen atoms in total.